The van der Waals surface area contributed by atoms with Crippen LogP contribution in [-0.2, 0) is 16.0 Å². The van der Waals surface area contributed by atoms with Gasteiger partial charge in [0.25, 0.3) is 11.6 Å². The normalized spacial score (nSPS) is 13.8. The zero-order valence-corrected chi connectivity index (χ0v) is 18.5. The molecule has 2 aromatic carbocycles. The largest absolute Gasteiger partial charge is 0.452 e. The van der Waals surface area contributed by atoms with Crippen LogP contribution in [0.3, 0.4) is 0 Å². The molecule has 3 aromatic rings. The van der Waals surface area contributed by atoms with Crippen molar-refractivity contribution in [3.63, 3.8) is 0 Å². The van der Waals surface area contributed by atoms with Crippen molar-refractivity contribution in [3.8, 4) is 0 Å². The number of non-ortho nitro benzene ring substituents is 1. The number of nitrogens with one attached hydrogen (secondary N) is 1. The number of carbonyl (C=O) groups excluding carboxylic acids is 2. The van der Waals surface area contributed by atoms with Gasteiger partial charge in [0.2, 0.25) is 0 Å². The number of esters is 1. The second-order valence-electron chi connectivity index (χ2n) is 7.87. The Morgan fingerprint density at radius 2 is 1.91 bits per heavy atom. The number of para-hydroxylation sites is 1. The van der Waals surface area contributed by atoms with Gasteiger partial charge in [-0.15, -0.1) is 6.58 Å². The average molecular weight is 457 g/mol. The summed E-state index contributed by atoms with van der Waals surface area (Å²) in [4.78, 5) is 40.4. The number of nitro benzene ring substituents is 1. The summed E-state index contributed by atoms with van der Waals surface area (Å²) >= 11 is 0. The van der Waals surface area contributed by atoms with Crippen LogP contribution in [0.25, 0.3) is 22.6 Å². The molecule has 0 radical (unpaired) electrons. The van der Waals surface area contributed by atoms with Gasteiger partial charge >= 0.3 is 5.97 Å². The quantitative estimate of drug-likeness (QED) is 0.242. The second-order valence-corrected chi connectivity index (χ2v) is 7.87. The smallest absolute Gasteiger partial charge is 0.339 e. The van der Waals surface area contributed by atoms with Crippen LogP contribution in [0.15, 0.2) is 61.2 Å². The van der Waals surface area contributed by atoms with Gasteiger partial charge in [-0.25, -0.2) is 9.78 Å². The van der Waals surface area contributed by atoms with E-state index >= 15 is 0 Å². The zero-order valence-electron chi connectivity index (χ0n) is 18.5. The summed E-state index contributed by atoms with van der Waals surface area (Å²) in [7, 11) is 0. The fourth-order valence-corrected chi connectivity index (χ4v) is 4.04. The minimum Gasteiger partial charge on any atom is -0.452 e. The van der Waals surface area contributed by atoms with Crippen molar-refractivity contribution in [1.29, 1.82) is 0 Å². The van der Waals surface area contributed by atoms with Crippen LogP contribution in [0.2, 0.25) is 0 Å². The molecule has 172 valence electrons. The highest BCUT2D eigenvalue weighted by atomic mass is 16.6. The second kappa shape index (κ2) is 10.1. The molecule has 0 bridgehead atoms. The summed E-state index contributed by atoms with van der Waals surface area (Å²) in [6.45, 7) is 3.45. The van der Waals surface area contributed by atoms with Gasteiger partial charge in [0.15, 0.2) is 6.61 Å². The summed E-state index contributed by atoms with van der Waals surface area (Å²) in [5, 5.41) is 14.2. The molecule has 1 heterocycles. The molecule has 0 saturated carbocycles. The minimum atomic E-state index is -0.569. The first-order valence-corrected chi connectivity index (χ1v) is 10.9. The van der Waals surface area contributed by atoms with Crippen LogP contribution < -0.4 is 5.32 Å². The summed E-state index contributed by atoms with van der Waals surface area (Å²) in [5.74, 6) is -0.973. The molecule has 1 N–H and O–H groups in total. The predicted molar refractivity (Wildman–Crippen MR) is 129 cm³/mol. The first kappa shape index (κ1) is 22.8. The van der Waals surface area contributed by atoms with Crippen LogP contribution in [0, 0.1) is 10.1 Å². The van der Waals surface area contributed by atoms with Crippen molar-refractivity contribution >= 4 is 40.1 Å². The Labute approximate surface area is 196 Å². The molecule has 1 aliphatic carbocycles. The van der Waals surface area contributed by atoms with E-state index in [0.29, 0.717) is 35.1 Å². The monoisotopic (exact) mass is 457 g/mol. The van der Waals surface area contributed by atoms with Gasteiger partial charge in [0, 0.05) is 24.1 Å². The fraction of sp³-hybridized carbons (Fsp3) is 0.192. The van der Waals surface area contributed by atoms with Gasteiger partial charge in [-0.05, 0) is 60.2 Å². The van der Waals surface area contributed by atoms with E-state index in [1.807, 2.05) is 30.3 Å². The van der Waals surface area contributed by atoms with E-state index in [0.717, 1.165) is 29.5 Å². The van der Waals surface area contributed by atoms with E-state index in [9.17, 15) is 19.7 Å². The van der Waals surface area contributed by atoms with E-state index in [1.165, 1.54) is 12.1 Å². The molecule has 1 amide bonds. The molecule has 8 nitrogen and oxygen atoms in total. The maximum Gasteiger partial charge on any atom is 0.339 e. The van der Waals surface area contributed by atoms with Crippen molar-refractivity contribution in [2.24, 2.45) is 0 Å². The minimum absolute atomic E-state index is 0.0254. The van der Waals surface area contributed by atoms with Gasteiger partial charge in [0.05, 0.1) is 21.7 Å². The third-order valence-corrected chi connectivity index (χ3v) is 5.60. The summed E-state index contributed by atoms with van der Waals surface area (Å²) in [6.07, 6.45) is 5.71. The Morgan fingerprint density at radius 3 is 2.65 bits per heavy atom. The number of aromatic nitrogens is 1. The van der Waals surface area contributed by atoms with Crippen molar-refractivity contribution in [2.45, 2.75) is 19.3 Å². The Balaban J connectivity index is 1.73. The first-order chi connectivity index (χ1) is 16.5. The van der Waals surface area contributed by atoms with Gasteiger partial charge in [-0.1, -0.05) is 24.3 Å². The molecule has 0 aliphatic heterocycles. The van der Waals surface area contributed by atoms with Crippen LogP contribution in [0.5, 0.6) is 0 Å². The van der Waals surface area contributed by atoms with Crippen LogP contribution in [-0.4, -0.2) is 34.9 Å². The lowest BCUT2D eigenvalue weighted by Gasteiger charge is -2.22. The van der Waals surface area contributed by atoms with E-state index in [-0.39, 0.29) is 12.3 Å². The van der Waals surface area contributed by atoms with Crippen molar-refractivity contribution in [2.75, 3.05) is 13.2 Å². The third-order valence-electron chi connectivity index (χ3n) is 5.60. The number of hydrogen-bond acceptors (Lipinski definition) is 6. The molecular formula is C26H23N3O5. The molecular weight excluding hydrogens is 434 g/mol. The Bertz CT molecular complexity index is 1310. The molecule has 34 heavy (non-hydrogen) atoms. The number of nitro groups is 1. The summed E-state index contributed by atoms with van der Waals surface area (Å²) in [5.41, 5.74) is 4.36. The molecule has 0 spiro atoms. The molecule has 0 fully saturated rings. The number of nitrogens with zero attached hydrogens (tertiary/aromatic N) is 2. The molecule has 8 heteroatoms. The Morgan fingerprint density at radius 1 is 1.15 bits per heavy atom. The zero-order chi connectivity index (χ0) is 24.1. The number of allylic oxidation sites excluding steroid dienone is 1. The number of fused-ring (bicyclic) bond motifs is 2. The standard InChI is InChI=1S/C26H23N3O5/c1-2-14-27-23(30)16-34-26(31)24-20-7-3-4-9-22(20)28-25-18(6-5-8-21(24)25)15-17-10-12-19(13-11-17)29(32)33/h2-4,7,9-13,15H,1,5-6,8,14,16H2,(H,27,30)/b18-15+. The third kappa shape index (κ3) is 4.85. The molecule has 4 rings (SSSR count). The summed E-state index contributed by atoms with van der Waals surface area (Å²) < 4.78 is 5.35. The van der Waals surface area contributed by atoms with Crippen molar-refractivity contribution in [1.82, 2.24) is 10.3 Å². The van der Waals surface area contributed by atoms with Crippen LogP contribution in [0.1, 0.15) is 40.0 Å². The highest BCUT2D eigenvalue weighted by Gasteiger charge is 2.26. The lowest BCUT2D eigenvalue weighted by atomic mass is 9.86. The fourth-order valence-electron chi connectivity index (χ4n) is 4.04. The number of carbonyl (C=O) groups is 2. The number of amides is 1. The molecule has 1 aromatic heterocycles. The lowest BCUT2D eigenvalue weighted by molar-refractivity contribution is -0.384. The number of benzene rings is 2. The number of rotatable bonds is 7. The van der Waals surface area contributed by atoms with Gasteiger partial charge < -0.3 is 10.1 Å². The molecule has 0 saturated heterocycles. The highest BCUT2D eigenvalue weighted by molar-refractivity contribution is 6.07. The highest BCUT2D eigenvalue weighted by Crippen LogP contribution is 2.36. The molecule has 0 atom stereocenters. The maximum absolute atomic E-state index is 13.1. The van der Waals surface area contributed by atoms with Gasteiger partial charge in [-0.2, -0.15) is 0 Å². The predicted octanol–water partition coefficient (Wildman–Crippen LogP) is 4.48. The van der Waals surface area contributed by atoms with Crippen molar-refractivity contribution in [3.05, 3.63) is 93.7 Å². The SMILES string of the molecule is C=CCNC(=O)COC(=O)c1c2c(nc3ccccc13)/C(=C/c1ccc([N+](=O)[O-])cc1)CCC2. The van der Waals surface area contributed by atoms with Crippen LogP contribution in [0.4, 0.5) is 5.69 Å². The number of hydrogen-bond donors (Lipinski definition) is 1. The number of ether oxygens (including phenoxy) is 1. The lowest BCUT2D eigenvalue weighted by Crippen LogP contribution is -2.29. The topological polar surface area (TPSA) is 111 Å². The molecule has 1 aliphatic rings. The Kier molecular flexibility index (Phi) is 6.77. The van der Waals surface area contributed by atoms with Crippen molar-refractivity contribution < 1.29 is 19.2 Å². The van der Waals surface area contributed by atoms with Crippen LogP contribution >= 0.6 is 0 Å². The van der Waals surface area contributed by atoms with E-state index in [2.05, 4.69) is 11.9 Å². The van der Waals surface area contributed by atoms with E-state index in [4.69, 9.17) is 9.72 Å². The number of pyridine rings is 1. The first-order valence-electron chi connectivity index (χ1n) is 10.9. The summed E-state index contributed by atoms with van der Waals surface area (Å²) in [6, 6.07) is 13.7. The Hall–Kier alpha value is -4.33. The van der Waals surface area contributed by atoms with E-state index in [1.54, 1.807) is 18.2 Å². The average Bonchev–Trinajstić information content (AvgIpc) is 2.85. The van der Waals surface area contributed by atoms with Gasteiger partial charge in [-0.3, -0.25) is 14.9 Å². The maximum atomic E-state index is 13.1. The molecule has 0 unspecified atom stereocenters. The van der Waals surface area contributed by atoms with Gasteiger partial charge in [0.1, 0.15) is 0 Å². The van der Waals surface area contributed by atoms with E-state index < -0.39 is 16.8 Å².